The normalized spacial score (nSPS) is 47.5. The fourth-order valence-electron chi connectivity index (χ4n) is 0.744. The summed E-state index contributed by atoms with van der Waals surface area (Å²) in [5, 5.41) is -2.83. The van der Waals surface area contributed by atoms with Crippen LogP contribution >= 0.6 is 34.8 Å². The number of halogens is 5. The first kappa shape index (κ1) is 9.78. The lowest BCUT2D eigenvalue weighted by atomic mass is 10.7. The molecule has 0 bridgehead atoms. The summed E-state index contributed by atoms with van der Waals surface area (Å²) in [5.41, 5.74) is 0. The fraction of sp³-hybridized carbons (Fsp3) is 1.00. The summed E-state index contributed by atoms with van der Waals surface area (Å²) in [4.78, 5) is 0. The first-order chi connectivity index (χ1) is 4.81. The second-order valence-electron chi connectivity index (χ2n) is 2.18. The lowest BCUT2D eigenvalue weighted by Crippen LogP contribution is -2.17. The second kappa shape index (κ2) is 2.34. The van der Waals surface area contributed by atoms with E-state index in [9.17, 15) is 8.78 Å². The smallest absolute Gasteiger partial charge is 0.299 e. The molecule has 2 atom stereocenters. The van der Waals surface area contributed by atoms with Crippen molar-refractivity contribution in [3.8, 4) is 0 Å². The van der Waals surface area contributed by atoms with E-state index >= 15 is 0 Å². The molecule has 0 spiro atoms. The SMILES string of the molecule is CCO[C@]1(F)C(Cl)(Cl)[C@]1(F)Cl. The monoisotopic (exact) mass is 224 g/mol. The molecule has 1 nitrogen and oxygen atoms in total. The van der Waals surface area contributed by atoms with Crippen LogP contribution in [-0.2, 0) is 4.74 Å². The van der Waals surface area contributed by atoms with E-state index in [-0.39, 0.29) is 6.61 Å². The fourth-order valence-corrected chi connectivity index (χ4v) is 1.63. The first-order valence-electron chi connectivity index (χ1n) is 2.89. The maximum Gasteiger partial charge on any atom is 0.299 e. The van der Waals surface area contributed by atoms with E-state index in [1.807, 2.05) is 0 Å². The van der Waals surface area contributed by atoms with Gasteiger partial charge in [0, 0.05) is 6.61 Å². The number of alkyl halides is 5. The molecule has 1 aliphatic rings. The van der Waals surface area contributed by atoms with Crippen molar-refractivity contribution in [2.45, 2.75) is 22.2 Å². The zero-order chi connectivity index (χ0) is 8.91. The van der Waals surface area contributed by atoms with Crippen LogP contribution < -0.4 is 0 Å². The van der Waals surface area contributed by atoms with Crippen LogP contribution in [0.4, 0.5) is 8.78 Å². The Morgan fingerprint density at radius 1 is 1.27 bits per heavy atom. The molecule has 1 saturated carbocycles. The van der Waals surface area contributed by atoms with Gasteiger partial charge in [-0.1, -0.05) is 34.8 Å². The van der Waals surface area contributed by atoms with Gasteiger partial charge in [0.05, 0.1) is 0 Å². The molecule has 0 aromatic heterocycles. The molecule has 0 aromatic carbocycles. The molecule has 1 aliphatic carbocycles. The lowest BCUT2D eigenvalue weighted by molar-refractivity contribution is -0.0818. The highest BCUT2D eigenvalue weighted by molar-refractivity contribution is 6.59. The minimum Gasteiger partial charge on any atom is -0.340 e. The van der Waals surface area contributed by atoms with Crippen molar-refractivity contribution in [2.24, 2.45) is 0 Å². The Morgan fingerprint density at radius 3 is 1.73 bits per heavy atom. The van der Waals surface area contributed by atoms with Gasteiger partial charge in [-0.15, -0.1) is 0 Å². The molecular weight excluding hydrogens is 220 g/mol. The maximum absolute atomic E-state index is 13.1. The average Bonchev–Trinajstić information content (AvgIpc) is 2.12. The molecule has 1 rings (SSSR count). The largest absolute Gasteiger partial charge is 0.340 e. The summed E-state index contributed by atoms with van der Waals surface area (Å²) in [6.07, 6.45) is 0. The van der Waals surface area contributed by atoms with Crippen LogP contribution in [0.2, 0.25) is 0 Å². The average molecular weight is 225 g/mol. The topological polar surface area (TPSA) is 9.23 Å². The molecule has 6 heteroatoms. The Balaban J connectivity index is 2.78. The summed E-state index contributed by atoms with van der Waals surface area (Å²) in [6.45, 7) is 1.44. The Morgan fingerprint density at radius 2 is 1.64 bits per heavy atom. The van der Waals surface area contributed by atoms with Crippen molar-refractivity contribution in [1.82, 2.24) is 0 Å². The summed E-state index contributed by atoms with van der Waals surface area (Å²) in [7, 11) is 0. The van der Waals surface area contributed by atoms with Crippen LogP contribution in [0.25, 0.3) is 0 Å². The summed E-state index contributed by atoms with van der Waals surface area (Å²) >= 11 is 15.3. The number of ether oxygens (including phenoxy) is 1. The van der Waals surface area contributed by atoms with Gasteiger partial charge in [-0.3, -0.25) is 0 Å². The Bertz CT molecular complexity index is 169. The van der Waals surface area contributed by atoms with Crippen LogP contribution in [0, 0.1) is 0 Å². The second-order valence-corrected chi connectivity index (χ2v) is 4.03. The predicted molar refractivity (Wildman–Crippen MR) is 39.6 cm³/mol. The zero-order valence-electron chi connectivity index (χ0n) is 5.51. The summed E-state index contributed by atoms with van der Waals surface area (Å²) < 4.78 is 27.9. The van der Waals surface area contributed by atoms with Crippen molar-refractivity contribution in [2.75, 3.05) is 6.61 Å². The van der Waals surface area contributed by atoms with Gasteiger partial charge in [0.15, 0.2) is 0 Å². The van der Waals surface area contributed by atoms with E-state index in [2.05, 4.69) is 4.74 Å². The van der Waals surface area contributed by atoms with E-state index in [1.165, 1.54) is 6.92 Å². The summed E-state index contributed by atoms with van der Waals surface area (Å²) in [6, 6.07) is 0. The molecular formula is C5H5Cl3F2O. The van der Waals surface area contributed by atoms with Gasteiger partial charge in [-0.05, 0) is 6.92 Å². The van der Waals surface area contributed by atoms with Crippen molar-refractivity contribution in [3.05, 3.63) is 0 Å². The van der Waals surface area contributed by atoms with Crippen LogP contribution in [0.1, 0.15) is 6.92 Å². The third-order valence-electron chi connectivity index (χ3n) is 1.48. The van der Waals surface area contributed by atoms with Gasteiger partial charge in [0.1, 0.15) is 0 Å². The van der Waals surface area contributed by atoms with Gasteiger partial charge in [0.25, 0.3) is 11.0 Å². The number of rotatable bonds is 2. The highest BCUT2D eigenvalue weighted by Crippen LogP contribution is 2.72. The van der Waals surface area contributed by atoms with E-state index in [0.29, 0.717) is 0 Å². The Labute approximate surface area is 77.5 Å². The minimum atomic E-state index is -2.83. The van der Waals surface area contributed by atoms with Gasteiger partial charge in [-0.2, -0.15) is 0 Å². The molecule has 0 amide bonds. The molecule has 0 unspecified atom stereocenters. The summed E-state index contributed by atoms with van der Waals surface area (Å²) in [5.74, 6) is -2.78. The molecule has 0 saturated heterocycles. The quantitative estimate of drug-likeness (QED) is 0.657. The highest BCUT2D eigenvalue weighted by Gasteiger charge is 2.94. The molecule has 11 heavy (non-hydrogen) atoms. The molecule has 0 heterocycles. The molecule has 0 aromatic rings. The van der Waals surface area contributed by atoms with Crippen molar-refractivity contribution in [1.29, 1.82) is 0 Å². The van der Waals surface area contributed by atoms with Gasteiger partial charge < -0.3 is 4.74 Å². The highest BCUT2D eigenvalue weighted by atomic mass is 35.5. The molecule has 66 valence electrons. The first-order valence-corrected chi connectivity index (χ1v) is 4.03. The van der Waals surface area contributed by atoms with E-state index in [1.54, 1.807) is 0 Å². The minimum absolute atomic E-state index is 0.0456. The molecule has 1 fully saturated rings. The standard InChI is InChI=1S/C5H5Cl3F2O/c1-2-11-5(10)3(6,7)4(5,8)9/h2H2,1H3/t4-,5-/m1/s1. The Kier molecular flexibility index (Phi) is 2.08. The van der Waals surface area contributed by atoms with Gasteiger partial charge >= 0.3 is 0 Å². The van der Waals surface area contributed by atoms with Crippen LogP contribution in [0.3, 0.4) is 0 Å². The van der Waals surface area contributed by atoms with Crippen molar-refractivity contribution >= 4 is 34.8 Å². The van der Waals surface area contributed by atoms with Crippen molar-refractivity contribution < 1.29 is 13.5 Å². The van der Waals surface area contributed by atoms with Crippen LogP contribution in [0.15, 0.2) is 0 Å². The number of hydrogen-bond donors (Lipinski definition) is 0. The third kappa shape index (κ3) is 0.916. The van der Waals surface area contributed by atoms with Crippen LogP contribution in [0.5, 0.6) is 0 Å². The van der Waals surface area contributed by atoms with E-state index < -0.39 is 15.3 Å². The molecule has 0 aliphatic heterocycles. The molecule has 0 N–H and O–H groups in total. The zero-order valence-corrected chi connectivity index (χ0v) is 7.77. The predicted octanol–water partition coefficient (Wildman–Crippen LogP) is 2.78. The van der Waals surface area contributed by atoms with E-state index in [0.717, 1.165) is 0 Å². The Hall–Kier alpha value is 0.690. The number of hydrogen-bond acceptors (Lipinski definition) is 1. The molecule has 0 radical (unpaired) electrons. The van der Waals surface area contributed by atoms with Gasteiger partial charge in [-0.25, -0.2) is 8.78 Å². The van der Waals surface area contributed by atoms with Crippen LogP contribution in [-0.4, -0.2) is 21.9 Å². The van der Waals surface area contributed by atoms with E-state index in [4.69, 9.17) is 34.8 Å². The maximum atomic E-state index is 13.1. The van der Waals surface area contributed by atoms with Crippen molar-refractivity contribution in [3.63, 3.8) is 0 Å². The third-order valence-corrected chi connectivity index (χ3v) is 3.21. The lowest BCUT2D eigenvalue weighted by Gasteiger charge is -2.05. The van der Waals surface area contributed by atoms with Gasteiger partial charge in [0.2, 0.25) is 4.33 Å².